The number of nitrogens with one attached hydrogen (secondary N) is 1. The van der Waals surface area contributed by atoms with Crippen molar-refractivity contribution in [1.82, 2.24) is 19.5 Å². The number of aliphatic hydroxyl groups excluding tert-OH is 1. The summed E-state index contributed by atoms with van der Waals surface area (Å²) in [7, 11) is -17.0. The number of phosphoric acid groups is 3. The van der Waals surface area contributed by atoms with Gasteiger partial charge in [-0.1, -0.05) is 11.8 Å². The van der Waals surface area contributed by atoms with Crippen molar-refractivity contribution in [2.24, 2.45) is 0 Å². The minimum Gasteiger partial charge on any atom is -0.386 e. The number of phosphoric ester groups is 1. The molecule has 0 bridgehead atoms. The molecule has 1 saturated heterocycles. The zero-order chi connectivity index (χ0) is 27.1. The Kier molecular flexibility index (Phi) is 8.07. The molecule has 36 heavy (non-hydrogen) atoms. The van der Waals surface area contributed by atoms with Gasteiger partial charge in [-0.3, -0.25) is 13.9 Å². The highest BCUT2D eigenvalue weighted by Crippen LogP contribution is 2.66. The summed E-state index contributed by atoms with van der Waals surface area (Å²) in [6.07, 6.45) is -4.58. The van der Waals surface area contributed by atoms with Crippen molar-refractivity contribution in [2.45, 2.75) is 31.0 Å². The van der Waals surface area contributed by atoms with E-state index in [1.807, 2.05) is 5.92 Å². The average molecular weight is 578 g/mol. The SMILES string of the molecule is Cc1nc2c(ncn2[C@@H]2O[C@H](COP(=O)(O)OP(=O)(O)OP(=O)(O)O)[C@H](O)C2(O)C#CCF)c(=O)[nH]1. The molecule has 22 heteroatoms. The molecule has 1 fully saturated rings. The summed E-state index contributed by atoms with van der Waals surface area (Å²) in [4.78, 5) is 58.4. The molecule has 0 radical (unpaired) electrons. The number of nitrogens with zero attached hydrogens (tertiary/aromatic N) is 3. The molecule has 1 aliphatic rings. The molecule has 7 N–H and O–H groups in total. The lowest BCUT2D eigenvalue weighted by Gasteiger charge is -2.26. The second kappa shape index (κ2) is 10.1. The summed E-state index contributed by atoms with van der Waals surface area (Å²) < 4.78 is 64.9. The zero-order valence-electron chi connectivity index (χ0n) is 17.7. The summed E-state index contributed by atoms with van der Waals surface area (Å²) in [6.45, 7) is -0.973. The van der Waals surface area contributed by atoms with Crippen LogP contribution in [0.1, 0.15) is 12.1 Å². The standard InChI is InChI=1S/C14H18FN4O14P3/c1-7-17-11-9(12(21)18-7)16-6-19(11)13-14(22,3-2-4-15)10(20)8(31-13)5-30-35(26,27)33-36(28,29)32-34(23,24)25/h6,8,10,13,20,22H,4-5H2,1H3,(H,26,27)(H,28,29)(H,17,18,21)(H2,23,24,25)/t8-,10+,13-,14?/m1/s1. The first-order valence-electron chi connectivity index (χ1n) is 9.32. The number of hydrogen-bond acceptors (Lipinski definition) is 12. The lowest BCUT2D eigenvalue weighted by atomic mass is 9.94. The number of imidazole rings is 1. The fraction of sp³-hybridized carbons (Fsp3) is 0.500. The maximum atomic E-state index is 12.7. The van der Waals surface area contributed by atoms with E-state index in [2.05, 4.69) is 34.0 Å². The van der Waals surface area contributed by atoms with E-state index in [-0.39, 0.29) is 17.0 Å². The molecule has 18 nitrogen and oxygen atoms in total. The van der Waals surface area contributed by atoms with E-state index in [1.165, 1.54) is 6.92 Å². The Hall–Kier alpha value is -1.87. The third kappa shape index (κ3) is 6.33. The van der Waals surface area contributed by atoms with Crippen molar-refractivity contribution in [2.75, 3.05) is 13.3 Å². The van der Waals surface area contributed by atoms with E-state index in [1.54, 1.807) is 0 Å². The van der Waals surface area contributed by atoms with Gasteiger partial charge in [0.1, 0.15) is 24.7 Å². The summed E-state index contributed by atoms with van der Waals surface area (Å²) in [6, 6.07) is 0. The highest BCUT2D eigenvalue weighted by molar-refractivity contribution is 7.66. The summed E-state index contributed by atoms with van der Waals surface area (Å²) >= 11 is 0. The van der Waals surface area contributed by atoms with Crippen LogP contribution in [0.5, 0.6) is 0 Å². The van der Waals surface area contributed by atoms with Crippen LogP contribution in [0.2, 0.25) is 0 Å². The molecule has 200 valence electrons. The van der Waals surface area contributed by atoms with E-state index in [0.29, 0.717) is 0 Å². The quantitative estimate of drug-likeness (QED) is 0.142. The second-order valence-corrected chi connectivity index (χ2v) is 11.5. The topological polar surface area (TPSA) is 273 Å². The van der Waals surface area contributed by atoms with Gasteiger partial charge in [-0.2, -0.15) is 8.62 Å². The van der Waals surface area contributed by atoms with Gasteiger partial charge >= 0.3 is 23.5 Å². The molecule has 2 aromatic heterocycles. The van der Waals surface area contributed by atoms with Gasteiger partial charge < -0.3 is 39.5 Å². The Labute approximate surface area is 199 Å². The minimum absolute atomic E-state index is 0.135. The van der Waals surface area contributed by atoms with Crippen molar-refractivity contribution in [3.63, 3.8) is 0 Å². The van der Waals surface area contributed by atoms with Crippen LogP contribution >= 0.6 is 23.5 Å². The third-order valence-corrected chi connectivity index (χ3v) is 8.26. The van der Waals surface area contributed by atoms with Gasteiger partial charge in [0.05, 0.1) is 12.9 Å². The Balaban J connectivity index is 1.89. The molecule has 2 aromatic rings. The molecular weight excluding hydrogens is 560 g/mol. The van der Waals surface area contributed by atoms with Gasteiger partial charge in [0.2, 0.25) is 0 Å². The first kappa shape index (κ1) is 28.7. The van der Waals surface area contributed by atoms with E-state index in [4.69, 9.17) is 14.5 Å². The van der Waals surface area contributed by atoms with Crippen molar-refractivity contribution in [1.29, 1.82) is 0 Å². The molecule has 0 saturated carbocycles. The second-order valence-electron chi connectivity index (χ2n) is 7.09. The normalized spacial score (nSPS) is 27.8. The molecule has 6 atom stereocenters. The zero-order valence-corrected chi connectivity index (χ0v) is 20.4. The van der Waals surface area contributed by atoms with Crippen LogP contribution < -0.4 is 5.56 Å². The summed E-state index contributed by atoms with van der Waals surface area (Å²) in [5, 5.41) is 21.7. The number of aryl methyl sites for hydroxylation is 1. The number of halogens is 1. The molecule has 1 aliphatic heterocycles. The van der Waals surface area contributed by atoms with Crippen molar-refractivity contribution < 1.29 is 65.8 Å². The molecule has 0 aliphatic carbocycles. The number of alkyl halides is 1. The predicted molar refractivity (Wildman–Crippen MR) is 111 cm³/mol. The first-order valence-corrected chi connectivity index (χ1v) is 13.8. The highest BCUT2D eigenvalue weighted by Gasteiger charge is 2.57. The van der Waals surface area contributed by atoms with E-state index in [9.17, 15) is 42.9 Å². The molecule has 3 heterocycles. The largest absolute Gasteiger partial charge is 0.490 e. The van der Waals surface area contributed by atoms with E-state index in [0.717, 1.165) is 10.9 Å². The van der Waals surface area contributed by atoms with Crippen LogP contribution in [-0.4, -0.2) is 80.4 Å². The molecule has 0 spiro atoms. The van der Waals surface area contributed by atoms with Crippen LogP contribution in [0.3, 0.4) is 0 Å². The maximum absolute atomic E-state index is 12.7. The maximum Gasteiger partial charge on any atom is 0.490 e. The van der Waals surface area contributed by atoms with Gasteiger partial charge in [-0.05, 0) is 6.92 Å². The number of aromatic amines is 1. The predicted octanol–water partition coefficient (Wildman–Crippen LogP) is -1.27. The lowest BCUT2D eigenvalue weighted by molar-refractivity contribution is -0.0719. The van der Waals surface area contributed by atoms with Gasteiger partial charge in [0.15, 0.2) is 23.0 Å². The van der Waals surface area contributed by atoms with Crippen LogP contribution in [0.15, 0.2) is 11.1 Å². The van der Waals surface area contributed by atoms with Crippen molar-refractivity contribution >= 4 is 34.6 Å². The fourth-order valence-corrected chi connectivity index (χ4v) is 6.20. The number of fused-ring (bicyclic) bond motifs is 1. The van der Waals surface area contributed by atoms with E-state index >= 15 is 0 Å². The Bertz CT molecular complexity index is 1410. The molecular formula is C14H18FN4O14P3. The fourth-order valence-electron chi connectivity index (χ4n) is 3.17. The van der Waals surface area contributed by atoms with Crippen LogP contribution in [0, 0.1) is 18.8 Å². The van der Waals surface area contributed by atoms with Crippen molar-refractivity contribution in [3.05, 3.63) is 22.5 Å². The van der Waals surface area contributed by atoms with Crippen molar-refractivity contribution in [3.8, 4) is 11.8 Å². The molecule has 0 aromatic carbocycles. The molecule has 3 unspecified atom stereocenters. The van der Waals surface area contributed by atoms with Gasteiger partial charge in [-0.15, -0.1) is 0 Å². The van der Waals surface area contributed by atoms with Crippen LogP contribution in [0.25, 0.3) is 11.2 Å². The Morgan fingerprint density at radius 3 is 2.53 bits per heavy atom. The minimum atomic E-state index is -5.81. The van der Waals surface area contributed by atoms with Gasteiger partial charge in [0.25, 0.3) is 5.56 Å². The number of aliphatic hydroxyl groups is 2. The van der Waals surface area contributed by atoms with Crippen LogP contribution in [-0.2, 0) is 31.6 Å². The third-order valence-electron chi connectivity index (χ3n) is 4.46. The van der Waals surface area contributed by atoms with Gasteiger partial charge in [-0.25, -0.2) is 28.1 Å². The number of aromatic nitrogens is 4. The number of H-pyrrole nitrogens is 1. The highest BCUT2D eigenvalue weighted by atomic mass is 31.3. The number of rotatable bonds is 8. The average Bonchev–Trinajstić information content (AvgIpc) is 3.22. The molecule has 0 amide bonds. The Morgan fingerprint density at radius 2 is 1.92 bits per heavy atom. The monoisotopic (exact) mass is 578 g/mol. The number of ether oxygens (including phenoxy) is 1. The molecule has 3 rings (SSSR count). The van der Waals surface area contributed by atoms with Gasteiger partial charge in [0, 0.05) is 0 Å². The summed E-state index contributed by atoms with van der Waals surface area (Å²) in [5.41, 5.74) is -3.61. The Morgan fingerprint density at radius 1 is 1.25 bits per heavy atom. The summed E-state index contributed by atoms with van der Waals surface area (Å²) in [5.74, 6) is 4.11. The van der Waals surface area contributed by atoms with E-state index < -0.39 is 66.3 Å². The lowest BCUT2D eigenvalue weighted by Crippen LogP contribution is -2.46. The smallest absolute Gasteiger partial charge is 0.386 e. The first-order chi connectivity index (χ1) is 16.5. The number of hydrogen-bond donors (Lipinski definition) is 7. The van der Waals surface area contributed by atoms with Crippen LogP contribution in [0.4, 0.5) is 4.39 Å².